The summed E-state index contributed by atoms with van der Waals surface area (Å²) in [7, 11) is 0. The van der Waals surface area contributed by atoms with Gasteiger partial charge in [0.1, 0.15) is 29.5 Å². The van der Waals surface area contributed by atoms with Crippen molar-refractivity contribution < 1.29 is 29.3 Å². The number of fused-ring (bicyclic) bond motifs is 2. The lowest BCUT2D eigenvalue weighted by Crippen LogP contribution is -2.40. The number of esters is 1. The zero-order valence-corrected chi connectivity index (χ0v) is 19.9. The maximum absolute atomic E-state index is 12.8. The molecule has 0 amide bonds. The summed E-state index contributed by atoms with van der Waals surface area (Å²) in [5, 5.41) is 22.1. The van der Waals surface area contributed by atoms with E-state index < -0.39 is 11.6 Å². The lowest BCUT2D eigenvalue weighted by atomic mass is 9.79. The number of ketones is 1. The molecular weight excluding hydrogens is 420 g/mol. The first-order valence-electron chi connectivity index (χ1n) is 11.2. The number of phenolic OH excluding ortho intramolecular Hbond substituents is 2. The number of allylic oxidation sites excluding steroid dienone is 3. The molecule has 0 radical (unpaired) electrons. The molecule has 2 N–H and O–H groups in total. The Hall–Kier alpha value is -3.28. The summed E-state index contributed by atoms with van der Waals surface area (Å²) in [5.74, 6) is -0.744. The number of rotatable bonds is 7. The van der Waals surface area contributed by atoms with Crippen LogP contribution >= 0.6 is 0 Å². The summed E-state index contributed by atoms with van der Waals surface area (Å²) in [5.41, 5.74) is 2.29. The molecule has 1 atom stereocenters. The number of aromatic hydroxyl groups is 2. The van der Waals surface area contributed by atoms with Crippen LogP contribution in [0.15, 0.2) is 41.5 Å². The number of carbonyl (C=O) groups is 2. The van der Waals surface area contributed by atoms with E-state index >= 15 is 0 Å². The summed E-state index contributed by atoms with van der Waals surface area (Å²) < 4.78 is 11.2. The quantitative estimate of drug-likeness (QED) is 0.409. The SMILES string of the molecule is CC(=O)O[C@@]1(C)CC(=O)c2c(cc3cc(OC/C=C(\C)CCC=C(C)C)cc(O)c3c2O)C1. The molecule has 0 heterocycles. The number of phenols is 2. The lowest BCUT2D eigenvalue weighted by molar-refractivity contribution is -0.155. The van der Waals surface area contributed by atoms with Gasteiger partial charge in [0.15, 0.2) is 5.78 Å². The Morgan fingerprint density at radius 2 is 1.82 bits per heavy atom. The van der Waals surface area contributed by atoms with Gasteiger partial charge in [0.25, 0.3) is 0 Å². The predicted octanol–water partition coefficient (Wildman–Crippen LogP) is 5.77. The highest BCUT2D eigenvalue weighted by atomic mass is 16.6. The molecule has 0 bridgehead atoms. The average Bonchev–Trinajstić information content (AvgIpc) is 2.65. The van der Waals surface area contributed by atoms with E-state index in [1.165, 1.54) is 24.1 Å². The van der Waals surface area contributed by atoms with Gasteiger partial charge in [-0.25, -0.2) is 0 Å². The highest BCUT2D eigenvalue weighted by Crippen LogP contribution is 2.44. The van der Waals surface area contributed by atoms with Gasteiger partial charge < -0.3 is 19.7 Å². The standard InChI is InChI=1S/C27H32O6/c1-16(2)7-6-8-17(3)9-10-32-21-12-19-11-20-14-27(5,33-18(4)28)15-23(30)25(20)26(31)24(19)22(29)13-21/h7,9,11-13,29,31H,6,8,10,14-15H2,1-5H3/b17-9+/t27-/m1/s1. The second-order valence-electron chi connectivity index (χ2n) is 9.30. The summed E-state index contributed by atoms with van der Waals surface area (Å²) in [4.78, 5) is 24.3. The van der Waals surface area contributed by atoms with Crippen molar-refractivity contribution in [2.45, 2.75) is 65.9 Å². The van der Waals surface area contributed by atoms with Crippen molar-refractivity contribution >= 4 is 22.5 Å². The van der Waals surface area contributed by atoms with Crippen molar-refractivity contribution in [2.24, 2.45) is 0 Å². The Kier molecular flexibility index (Phi) is 7.15. The van der Waals surface area contributed by atoms with Crippen molar-refractivity contribution in [2.75, 3.05) is 6.61 Å². The van der Waals surface area contributed by atoms with Crippen molar-refractivity contribution in [3.8, 4) is 17.2 Å². The zero-order valence-electron chi connectivity index (χ0n) is 19.9. The molecule has 1 aliphatic rings. The molecule has 3 rings (SSSR count). The molecular formula is C27H32O6. The molecule has 0 unspecified atom stereocenters. The minimum atomic E-state index is -0.972. The van der Waals surface area contributed by atoms with E-state index in [1.54, 1.807) is 19.1 Å². The monoisotopic (exact) mass is 452 g/mol. The van der Waals surface area contributed by atoms with Crippen LogP contribution in [0.2, 0.25) is 0 Å². The van der Waals surface area contributed by atoms with Gasteiger partial charge in [-0.15, -0.1) is 0 Å². The normalized spacial score (nSPS) is 18.1. The number of Topliss-reactive ketones (excluding diaryl/α,β-unsaturated/α-hetero) is 1. The average molecular weight is 453 g/mol. The maximum Gasteiger partial charge on any atom is 0.303 e. The molecule has 176 valence electrons. The Bertz CT molecular complexity index is 1150. The van der Waals surface area contributed by atoms with Crippen molar-refractivity contribution in [3.63, 3.8) is 0 Å². The van der Waals surface area contributed by atoms with E-state index in [0.717, 1.165) is 12.8 Å². The third kappa shape index (κ3) is 5.75. The molecule has 6 nitrogen and oxygen atoms in total. The Morgan fingerprint density at radius 3 is 2.48 bits per heavy atom. The highest BCUT2D eigenvalue weighted by molar-refractivity contribution is 6.09. The van der Waals surface area contributed by atoms with E-state index in [1.807, 2.05) is 6.08 Å². The van der Waals surface area contributed by atoms with Crippen molar-refractivity contribution in [3.05, 3.63) is 52.6 Å². The largest absolute Gasteiger partial charge is 0.507 e. The fraction of sp³-hybridized carbons (Fsp3) is 0.407. The maximum atomic E-state index is 12.8. The van der Waals surface area contributed by atoms with E-state index in [2.05, 4.69) is 26.8 Å². The van der Waals surface area contributed by atoms with Crippen LogP contribution in [0, 0.1) is 0 Å². The second-order valence-corrected chi connectivity index (χ2v) is 9.30. The van der Waals surface area contributed by atoms with Gasteiger partial charge in [0.2, 0.25) is 0 Å². The van der Waals surface area contributed by atoms with Crippen LogP contribution in [0.4, 0.5) is 0 Å². The smallest absolute Gasteiger partial charge is 0.303 e. The first kappa shape index (κ1) is 24.4. The third-order valence-electron chi connectivity index (χ3n) is 5.79. The topological polar surface area (TPSA) is 93.1 Å². The Labute approximate surface area is 194 Å². The predicted molar refractivity (Wildman–Crippen MR) is 128 cm³/mol. The van der Waals surface area contributed by atoms with Gasteiger partial charge in [-0.1, -0.05) is 17.2 Å². The van der Waals surface area contributed by atoms with Crippen LogP contribution in [-0.4, -0.2) is 34.2 Å². The zero-order chi connectivity index (χ0) is 24.3. The van der Waals surface area contributed by atoms with Gasteiger partial charge in [0.05, 0.1) is 17.4 Å². The van der Waals surface area contributed by atoms with Crippen molar-refractivity contribution in [1.82, 2.24) is 0 Å². The molecule has 0 spiro atoms. The van der Waals surface area contributed by atoms with Crippen LogP contribution in [0.25, 0.3) is 10.8 Å². The number of carbonyl (C=O) groups excluding carboxylic acids is 2. The second kappa shape index (κ2) is 9.69. The van der Waals surface area contributed by atoms with E-state index in [-0.39, 0.29) is 41.1 Å². The van der Waals surface area contributed by atoms with Gasteiger partial charge >= 0.3 is 5.97 Å². The van der Waals surface area contributed by atoms with Gasteiger partial charge in [-0.05, 0) is 69.7 Å². The first-order valence-corrected chi connectivity index (χ1v) is 11.2. The number of ether oxygens (including phenoxy) is 2. The summed E-state index contributed by atoms with van der Waals surface area (Å²) in [6, 6.07) is 4.91. The fourth-order valence-corrected chi connectivity index (χ4v) is 4.35. The lowest BCUT2D eigenvalue weighted by Gasteiger charge is -2.33. The number of hydrogen-bond donors (Lipinski definition) is 2. The minimum Gasteiger partial charge on any atom is -0.507 e. The van der Waals surface area contributed by atoms with Crippen LogP contribution < -0.4 is 4.74 Å². The molecule has 1 aliphatic carbocycles. The van der Waals surface area contributed by atoms with E-state index in [9.17, 15) is 19.8 Å². The number of benzene rings is 2. The van der Waals surface area contributed by atoms with E-state index in [4.69, 9.17) is 9.47 Å². The summed E-state index contributed by atoms with van der Waals surface area (Å²) in [6.07, 6.45) is 6.40. The number of hydrogen-bond acceptors (Lipinski definition) is 6. The summed E-state index contributed by atoms with van der Waals surface area (Å²) >= 11 is 0. The Morgan fingerprint density at radius 1 is 1.09 bits per heavy atom. The molecule has 6 heteroatoms. The van der Waals surface area contributed by atoms with Crippen LogP contribution in [0.1, 0.15) is 69.8 Å². The Balaban J connectivity index is 1.87. The molecule has 0 fully saturated rings. The minimum absolute atomic E-state index is 0.0279. The fourth-order valence-electron chi connectivity index (χ4n) is 4.35. The molecule has 0 saturated carbocycles. The van der Waals surface area contributed by atoms with Crippen LogP contribution in [-0.2, 0) is 16.0 Å². The van der Waals surface area contributed by atoms with Gasteiger partial charge in [0, 0.05) is 19.4 Å². The molecule has 2 aromatic carbocycles. The van der Waals surface area contributed by atoms with Gasteiger partial charge in [-0.2, -0.15) is 0 Å². The van der Waals surface area contributed by atoms with Crippen LogP contribution in [0.5, 0.6) is 17.2 Å². The first-order chi connectivity index (χ1) is 15.5. The molecule has 0 aromatic heterocycles. The van der Waals surface area contributed by atoms with Crippen LogP contribution in [0.3, 0.4) is 0 Å². The van der Waals surface area contributed by atoms with E-state index in [0.29, 0.717) is 23.3 Å². The summed E-state index contributed by atoms with van der Waals surface area (Å²) in [6.45, 7) is 9.58. The molecule has 33 heavy (non-hydrogen) atoms. The van der Waals surface area contributed by atoms with Gasteiger partial charge in [-0.3, -0.25) is 9.59 Å². The van der Waals surface area contributed by atoms with Crippen molar-refractivity contribution in [1.29, 1.82) is 0 Å². The molecule has 0 aliphatic heterocycles. The molecule has 0 saturated heterocycles. The molecule has 2 aromatic rings. The highest BCUT2D eigenvalue weighted by Gasteiger charge is 2.39. The third-order valence-corrected chi connectivity index (χ3v) is 5.79.